The second kappa shape index (κ2) is 8.37. The Morgan fingerprint density at radius 3 is 2.74 bits per heavy atom. The van der Waals surface area contributed by atoms with Crippen molar-refractivity contribution >= 4 is 5.91 Å². The van der Waals surface area contributed by atoms with Gasteiger partial charge in [0.05, 0.1) is 13.7 Å². The van der Waals surface area contributed by atoms with Gasteiger partial charge in [-0.05, 0) is 13.0 Å². The first-order valence-corrected chi connectivity index (χ1v) is 6.42. The third-order valence-corrected chi connectivity index (χ3v) is 2.56. The second-order valence-corrected chi connectivity index (χ2v) is 4.04. The predicted molar refractivity (Wildman–Crippen MR) is 74.6 cm³/mol. The lowest BCUT2D eigenvalue weighted by Crippen LogP contribution is -2.30. The van der Waals surface area contributed by atoms with E-state index in [1.807, 2.05) is 25.1 Å². The summed E-state index contributed by atoms with van der Waals surface area (Å²) >= 11 is 0. The van der Waals surface area contributed by atoms with Gasteiger partial charge in [0.15, 0.2) is 11.5 Å². The van der Waals surface area contributed by atoms with E-state index >= 15 is 0 Å². The van der Waals surface area contributed by atoms with Crippen LogP contribution in [0.25, 0.3) is 0 Å². The Hall–Kier alpha value is -1.75. The monoisotopic (exact) mass is 266 g/mol. The molecule has 0 saturated carbocycles. The molecule has 1 aromatic carbocycles. The summed E-state index contributed by atoms with van der Waals surface area (Å²) in [4.78, 5) is 10.7. The fraction of sp³-hybridized carbons (Fsp3) is 0.500. The summed E-state index contributed by atoms with van der Waals surface area (Å²) in [5, 5.41) is 5.99. The average molecular weight is 266 g/mol. The Morgan fingerprint density at radius 2 is 2.11 bits per heavy atom. The molecule has 0 aliphatic rings. The molecule has 106 valence electrons. The number of methoxy groups -OCH3 is 1. The number of amides is 1. The van der Waals surface area contributed by atoms with Crippen LogP contribution in [0, 0.1) is 0 Å². The minimum Gasteiger partial charge on any atom is -0.493 e. The highest BCUT2D eigenvalue weighted by atomic mass is 16.5. The van der Waals surface area contributed by atoms with Crippen LogP contribution in [0.2, 0.25) is 0 Å². The number of nitrogens with one attached hydrogen (secondary N) is 2. The van der Waals surface area contributed by atoms with Gasteiger partial charge in [0.2, 0.25) is 5.91 Å². The van der Waals surface area contributed by atoms with Gasteiger partial charge in [-0.1, -0.05) is 12.1 Å². The van der Waals surface area contributed by atoms with Crippen LogP contribution in [-0.4, -0.2) is 32.7 Å². The summed E-state index contributed by atoms with van der Waals surface area (Å²) in [6.45, 7) is 6.05. The Bertz CT molecular complexity index is 408. The van der Waals surface area contributed by atoms with E-state index in [0.717, 1.165) is 17.1 Å². The van der Waals surface area contributed by atoms with Crippen molar-refractivity contribution in [3.05, 3.63) is 23.8 Å². The molecule has 0 atom stereocenters. The molecule has 0 aliphatic heterocycles. The summed E-state index contributed by atoms with van der Waals surface area (Å²) in [5.74, 6) is 1.50. The molecule has 0 spiro atoms. The molecule has 5 heteroatoms. The van der Waals surface area contributed by atoms with Gasteiger partial charge in [0.1, 0.15) is 0 Å². The zero-order chi connectivity index (χ0) is 14.1. The van der Waals surface area contributed by atoms with Crippen molar-refractivity contribution in [2.45, 2.75) is 20.4 Å². The largest absolute Gasteiger partial charge is 0.493 e. The molecule has 0 aliphatic carbocycles. The van der Waals surface area contributed by atoms with Crippen LogP contribution in [0.3, 0.4) is 0 Å². The molecule has 1 amide bonds. The molecule has 5 nitrogen and oxygen atoms in total. The molecule has 2 N–H and O–H groups in total. The van der Waals surface area contributed by atoms with E-state index in [-0.39, 0.29) is 5.91 Å². The van der Waals surface area contributed by atoms with Crippen molar-refractivity contribution in [1.29, 1.82) is 0 Å². The molecule has 0 fully saturated rings. The number of para-hydroxylation sites is 1. The van der Waals surface area contributed by atoms with Crippen molar-refractivity contribution in [3.63, 3.8) is 0 Å². The highest BCUT2D eigenvalue weighted by Gasteiger charge is 2.09. The fourth-order valence-electron chi connectivity index (χ4n) is 1.75. The van der Waals surface area contributed by atoms with Gasteiger partial charge in [-0.2, -0.15) is 0 Å². The molecule has 0 heterocycles. The first-order valence-electron chi connectivity index (χ1n) is 6.42. The van der Waals surface area contributed by atoms with Crippen molar-refractivity contribution in [1.82, 2.24) is 10.6 Å². The topological polar surface area (TPSA) is 59.6 Å². The predicted octanol–water partition coefficient (Wildman–Crippen LogP) is 1.32. The van der Waals surface area contributed by atoms with Gasteiger partial charge in [-0.15, -0.1) is 0 Å². The van der Waals surface area contributed by atoms with Crippen LogP contribution < -0.4 is 20.1 Å². The van der Waals surface area contributed by atoms with Crippen LogP contribution >= 0.6 is 0 Å². The lowest BCUT2D eigenvalue weighted by atomic mass is 10.2. The van der Waals surface area contributed by atoms with Gasteiger partial charge < -0.3 is 20.1 Å². The van der Waals surface area contributed by atoms with Gasteiger partial charge in [-0.25, -0.2) is 0 Å². The molecule has 0 unspecified atom stereocenters. The molecule has 1 rings (SSSR count). The van der Waals surface area contributed by atoms with E-state index in [4.69, 9.17) is 9.47 Å². The number of rotatable bonds is 8. The van der Waals surface area contributed by atoms with Gasteiger partial charge in [0.25, 0.3) is 0 Å². The van der Waals surface area contributed by atoms with Gasteiger partial charge in [0, 0.05) is 32.1 Å². The molecule has 0 radical (unpaired) electrons. The van der Waals surface area contributed by atoms with E-state index < -0.39 is 0 Å². The summed E-state index contributed by atoms with van der Waals surface area (Å²) in [7, 11) is 1.64. The first-order chi connectivity index (χ1) is 9.19. The van der Waals surface area contributed by atoms with Crippen LogP contribution in [0.1, 0.15) is 19.4 Å². The van der Waals surface area contributed by atoms with Crippen LogP contribution in [0.5, 0.6) is 11.5 Å². The number of hydrogen-bond acceptors (Lipinski definition) is 4. The van der Waals surface area contributed by atoms with E-state index in [0.29, 0.717) is 26.2 Å². The van der Waals surface area contributed by atoms with E-state index in [9.17, 15) is 4.79 Å². The number of carbonyl (C=O) groups excluding carboxylic acids is 1. The summed E-state index contributed by atoms with van der Waals surface area (Å²) in [6, 6.07) is 5.83. The molecular weight excluding hydrogens is 244 g/mol. The van der Waals surface area contributed by atoms with Crippen LogP contribution in [0.15, 0.2) is 18.2 Å². The van der Waals surface area contributed by atoms with E-state index in [1.165, 1.54) is 6.92 Å². The SMILES string of the molecule is CCOc1cccc(CNCCNC(C)=O)c1OC. The molecular formula is C14H22N2O3. The van der Waals surface area contributed by atoms with Crippen molar-refractivity contribution in [2.24, 2.45) is 0 Å². The summed E-state index contributed by atoms with van der Waals surface area (Å²) < 4.78 is 10.9. The van der Waals surface area contributed by atoms with Crippen LogP contribution in [-0.2, 0) is 11.3 Å². The fourth-order valence-corrected chi connectivity index (χ4v) is 1.75. The maximum atomic E-state index is 10.7. The second-order valence-electron chi connectivity index (χ2n) is 4.04. The third-order valence-electron chi connectivity index (χ3n) is 2.56. The molecule has 1 aromatic rings. The Morgan fingerprint density at radius 1 is 1.32 bits per heavy atom. The maximum Gasteiger partial charge on any atom is 0.216 e. The van der Waals surface area contributed by atoms with E-state index in [2.05, 4.69) is 10.6 Å². The quantitative estimate of drug-likeness (QED) is 0.697. The number of carbonyl (C=O) groups is 1. The standard InChI is InChI=1S/C14H22N2O3/c1-4-19-13-7-5-6-12(14(13)18-3)10-15-8-9-16-11(2)17/h5-7,15H,4,8-10H2,1-3H3,(H,16,17). The zero-order valence-corrected chi connectivity index (χ0v) is 11.8. The summed E-state index contributed by atoms with van der Waals surface area (Å²) in [5.41, 5.74) is 1.04. The average Bonchev–Trinajstić information content (AvgIpc) is 2.38. The van der Waals surface area contributed by atoms with Gasteiger partial charge in [-0.3, -0.25) is 4.79 Å². The van der Waals surface area contributed by atoms with Crippen molar-refractivity contribution < 1.29 is 14.3 Å². The van der Waals surface area contributed by atoms with Gasteiger partial charge >= 0.3 is 0 Å². The minimum atomic E-state index is -0.0160. The van der Waals surface area contributed by atoms with Crippen molar-refractivity contribution in [2.75, 3.05) is 26.8 Å². The molecule has 0 bridgehead atoms. The lowest BCUT2D eigenvalue weighted by molar-refractivity contribution is -0.118. The minimum absolute atomic E-state index is 0.0160. The number of hydrogen-bond donors (Lipinski definition) is 2. The smallest absolute Gasteiger partial charge is 0.216 e. The Balaban J connectivity index is 2.52. The first kappa shape index (κ1) is 15.3. The van der Waals surface area contributed by atoms with E-state index in [1.54, 1.807) is 7.11 Å². The van der Waals surface area contributed by atoms with Crippen molar-refractivity contribution in [3.8, 4) is 11.5 Å². The lowest BCUT2D eigenvalue weighted by Gasteiger charge is -2.14. The molecule has 0 saturated heterocycles. The zero-order valence-electron chi connectivity index (χ0n) is 11.8. The highest BCUT2D eigenvalue weighted by molar-refractivity contribution is 5.72. The summed E-state index contributed by atoms with van der Waals surface area (Å²) in [6.07, 6.45) is 0. The number of benzene rings is 1. The Labute approximate surface area is 114 Å². The number of ether oxygens (including phenoxy) is 2. The Kier molecular flexibility index (Phi) is 6.74. The normalized spacial score (nSPS) is 10.1. The van der Waals surface area contributed by atoms with Crippen LogP contribution in [0.4, 0.5) is 0 Å². The maximum absolute atomic E-state index is 10.7. The molecule has 19 heavy (non-hydrogen) atoms. The third kappa shape index (κ3) is 5.18. The molecule has 0 aromatic heterocycles. The highest BCUT2D eigenvalue weighted by Crippen LogP contribution is 2.30.